The molecule has 0 heterocycles. The maximum absolute atomic E-state index is 12.7. The molecular weight excluding hydrogens is 227 g/mol. The van der Waals surface area contributed by atoms with Gasteiger partial charge in [-0.05, 0) is 35.4 Å². The van der Waals surface area contributed by atoms with E-state index in [-0.39, 0.29) is 5.82 Å². The fourth-order valence-corrected chi connectivity index (χ4v) is 1.71. The summed E-state index contributed by atoms with van der Waals surface area (Å²) in [6, 6.07) is 12.7. The van der Waals surface area contributed by atoms with Crippen molar-refractivity contribution in [2.75, 3.05) is 0 Å². The lowest BCUT2D eigenvalue weighted by atomic mass is 10.0. The minimum absolute atomic E-state index is 0.318. The summed E-state index contributed by atoms with van der Waals surface area (Å²) in [5, 5.41) is 10.6. The number of hydrogen-bond donors (Lipinski definition) is 1. The third-order valence-corrected chi connectivity index (χ3v) is 2.59. The van der Waals surface area contributed by atoms with E-state index in [4.69, 9.17) is 11.6 Å². The highest BCUT2D eigenvalue weighted by molar-refractivity contribution is 6.30. The second kappa shape index (κ2) is 4.64. The van der Waals surface area contributed by atoms with Gasteiger partial charge in [0.15, 0.2) is 0 Å². The molecule has 3 heteroatoms. The molecule has 2 rings (SSSR count). The van der Waals surface area contributed by atoms with Crippen molar-refractivity contribution < 1.29 is 9.50 Å². The van der Waals surface area contributed by atoms with Crippen molar-refractivity contribution in [3.05, 3.63) is 70.5 Å². The van der Waals surface area contributed by atoms with Crippen LogP contribution in [0, 0.1) is 5.82 Å². The van der Waals surface area contributed by atoms with Crippen molar-refractivity contribution >= 4 is 11.6 Å². The largest absolute Gasteiger partial charge is 0.384 e. The zero-order chi connectivity index (χ0) is 11.5. The first-order chi connectivity index (χ1) is 7.66. The second-order valence-electron chi connectivity index (χ2n) is 3.51. The average Bonchev–Trinajstić information content (AvgIpc) is 2.29. The van der Waals surface area contributed by atoms with Crippen LogP contribution in [0.3, 0.4) is 0 Å². The fraction of sp³-hybridized carbons (Fsp3) is 0.0769. The highest BCUT2D eigenvalue weighted by Crippen LogP contribution is 2.24. The van der Waals surface area contributed by atoms with Gasteiger partial charge in [-0.1, -0.05) is 35.9 Å². The van der Waals surface area contributed by atoms with Crippen LogP contribution in [0.2, 0.25) is 5.02 Å². The number of halogens is 2. The summed E-state index contributed by atoms with van der Waals surface area (Å²) in [6.45, 7) is 0. The molecule has 0 spiro atoms. The van der Waals surface area contributed by atoms with Crippen LogP contribution in [-0.2, 0) is 0 Å². The van der Waals surface area contributed by atoms with Crippen LogP contribution in [0.5, 0.6) is 0 Å². The third kappa shape index (κ3) is 2.40. The minimum Gasteiger partial charge on any atom is -0.384 e. The first kappa shape index (κ1) is 11.1. The lowest BCUT2D eigenvalue weighted by Gasteiger charge is -2.11. The number of aliphatic hydroxyl groups is 1. The predicted octanol–water partition coefficient (Wildman–Crippen LogP) is 3.56. The van der Waals surface area contributed by atoms with Gasteiger partial charge in [-0.25, -0.2) is 4.39 Å². The Balaban J connectivity index is 2.31. The number of aliphatic hydroxyl groups excluding tert-OH is 1. The molecule has 0 radical (unpaired) electrons. The van der Waals surface area contributed by atoms with Gasteiger partial charge in [0.1, 0.15) is 11.9 Å². The maximum Gasteiger partial charge on any atom is 0.123 e. The molecule has 0 bridgehead atoms. The van der Waals surface area contributed by atoms with Crippen molar-refractivity contribution in [3.63, 3.8) is 0 Å². The third-order valence-electron chi connectivity index (χ3n) is 2.35. The lowest BCUT2D eigenvalue weighted by Crippen LogP contribution is -1.99. The molecule has 0 saturated heterocycles. The summed E-state index contributed by atoms with van der Waals surface area (Å²) in [4.78, 5) is 0. The fourth-order valence-electron chi connectivity index (χ4n) is 1.51. The Hall–Kier alpha value is -1.38. The van der Waals surface area contributed by atoms with Crippen molar-refractivity contribution in [3.8, 4) is 0 Å². The molecule has 0 aliphatic carbocycles. The Labute approximate surface area is 98.1 Å². The monoisotopic (exact) mass is 236 g/mol. The highest BCUT2D eigenvalue weighted by Gasteiger charge is 2.10. The molecule has 82 valence electrons. The molecule has 0 amide bonds. The van der Waals surface area contributed by atoms with Crippen LogP contribution in [0.15, 0.2) is 48.5 Å². The van der Waals surface area contributed by atoms with Gasteiger partial charge in [-0.2, -0.15) is 0 Å². The van der Waals surface area contributed by atoms with E-state index in [1.807, 2.05) is 0 Å². The van der Waals surface area contributed by atoms with Gasteiger partial charge in [-0.15, -0.1) is 0 Å². The summed E-state index contributed by atoms with van der Waals surface area (Å²) < 4.78 is 12.7. The van der Waals surface area contributed by atoms with E-state index in [2.05, 4.69) is 0 Å². The Morgan fingerprint density at radius 3 is 2.31 bits per heavy atom. The van der Waals surface area contributed by atoms with E-state index in [1.54, 1.807) is 36.4 Å². The first-order valence-corrected chi connectivity index (χ1v) is 5.23. The SMILES string of the molecule is OC(c1ccc(F)cc1)c1cccc(Cl)c1. The molecule has 2 aromatic rings. The molecule has 1 nitrogen and oxygen atoms in total. The Bertz CT molecular complexity index is 482. The molecule has 0 aromatic heterocycles. The lowest BCUT2D eigenvalue weighted by molar-refractivity contribution is 0.220. The van der Waals surface area contributed by atoms with E-state index in [0.717, 1.165) is 0 Å². The molecular formula is C13H10ClFO. The summed E-state index contributed by atoms with van der Waals surface area (Å²) in [5.74, 6) is -0.318. The Morgan fingerprint density at radius 2 is 1.69 bits per heavy atom. The van der Waals surface area contributed by atoms with Gasteiger partial charge in [0.25, 0.3) is 0 Å². The number of rotatable bonds is 2. The number of hydrogen-bond acceptors (Lipinski definition) is 1. The smallest absolute Gasteiger partial charge is 0.123 e. The minimum atomic E-state index is -0.778. The van der Waals surface area contributed by atoms with Crippen LogP contribution < -0.4 is 0 Å². The van der Waals surface area contributed by atoms with Gasteiger partial charge in [0.05, 0.1) is 0 Å². The molecule has 0 fully saturated rings. The van der Waals surface area contributed by atoms with Crippen LogP contribution in [0.1, 0.15) is 17.2 Å². The quantitative estimate of drug-likeness (QED) is 0.845. The van der Waals surface area contributed by atoms with E-state index < -0.39 is 6.10 Å². The van der Waals surface area contributed by atoms with Crippen molar-refractivity contribution in [2.45, 2.75) is 6.10 Å². The molecule has 0 saturated carbocycles. The van der Waals surface area contributed by atoms with E-state index >= 15 is 0 Å². The molecule has 2 aromatic carbocycles. The molecule has 1 atom stereocenters. The summed E-state index contributed by atoms with van der Waals surface area (Å²) >= 11 is 5.83. The summed E-state index contributed by atoms with van der Waals surface area (Å²) in [5.41, 5.74) is 1.34. The molecule has 1 unspecified atom stereocenters. The molecule has 0 aliphatic rings. The van der Waals surface area contributed by atoms with E-state index in [9.17, 15) is 9.50 Å². The summed E-state index contributed by atoms with van der Waals surface area (Å²) in [6.07, 6.45) is -0.778. The Kier molecular flexibility index (Phi) is 3.22. The number of benzene rings is 2. The van der Waals surface area contributed by atoms with Crippen molar-refractivity contribution in [2.24, 2.45) is 0 Å². The maximum atomic E-state index is 12.7. The summed E-state index contributed by atoms with van der Waals surface area (Å²) in [7, 11) is 0. The van der Waals surface area contributed by atoms with Crippen LogP contribution in [0.25, 0.3) is 0 Å². The zero-order valence-corrected chi connectivity index (χ0v) is 9.16. The zero-order valence-electron chi connectivity index (χ0n) is 8.40. The van der Waals surface area contributed by atoms with Crippen molar-refractivity contribution in [1.29, 1.82) is 0 Å². The standard InChI is InChI=1S/C13H10ClFO/c14-11-3-1-2-10(8-11)13(16)9-4-6-12(15)7-5-9/h1-8,13,16H. The van der Waals surface area contributed by atoms with Crippen LogP contribution >= 0.6 is 11.6 Å². The van der Waals surface area contributed by atoms with Gasteiger partial charge in [-0.3, -0.25) is 0 Å². The second-order valence-corrected chi connectivity index (χ2v) is 3.95. The molecule has 1 N–H and O–H groups in total. The van der Waals surface area contributed by atoms with Gasteiger partial charge in [0, 0.05) is 5.02 Å². The van der Waals surface area contributed by atoms with Crippen molar-refractivity contribution in [1.82, 2.24) is 0 Å². The van der Waals surface area contributed by atoms with Crippen LogP contribution in [0.4, 0.5) is 4.39 Å². The van der Waals surface area contributed by atoms with Crippen LogP contribution in [-0.4, -0.2) is 5.11 Å². The highest BCUT2D eigenvalue weighted by atomic mass is 35.5. The first-order valence-electron chi connectivity index (χ1n) is 4.86. The molecule has 0 aliphatic heterocycles. The predicted molar refractivity (Wildman–Crippen MR) is 61.9 cm³/mol. The van der Waals surface area contributed by atoms with Gasteiger partial charge >= 0.3 is 0 Å². The normalized spacial score (nSPS) is 12.4. The average molecular weight is 237 g/mol. The topological polar surface area (TPSA) is 20.2 Å². The van der Waals surface area contributed by atoms with E-state index in [1.165, 1.54) is 12.1 Å². The Morgan fingerprint density at radius 1 is 1.00 bits per heavy atom. The van der Waals surface area contributed by atoms with Gasteiger partial charge < -0.3 is 5.11 Å². The van der Waals surface area contributed by atoms with E-state index in [0.29, 0.717) is 16.1 Å². The molecule has 16 heavy (non-hydrogen) atoms. The van der Waals surface area contributed by atoms with Gasteiger partial charge in [0.2, 0.25) is 0 Å².